The van der Waals surface area contributed by atoms with E-state index < -0.39 is 0 Å². The zero-order valence-corrected chi connectivity index (χ0v) is 19.1. The Kier molecular flexibility index (Phi) is 6.27. The molecule has 0 heterocycles. The first-order valence-corrected chi connectivity index (χ1v) is 12.0. The van der Waals surface area contributed by atoms with E-state index in [4.69, 9.17) is 11.6 Å². The summed E-state index contributed by atoms with van der Waals surface area (Å²) in [4.78, 5) is 15.3. The fourth-order valence-electron chi connectivity index (χ4n) is 6.56. The van der Waals surface area contributed by atoms with Crippen molar-refractivity contribution in [1.29, 1.82) is 0 Å². The van der Waals surface area contributed by atoms with Crippen molar-refractivity contribution >= 4 is 17.5 Å². The number of amides is 1. The number of halogens is 1. The van der Waals surface area contributed by atoms with Crippen LogP contribution in [0.15, 0.2) is 18.2 Å². The first-order valence-electron chi connectivity index (χ1n) is 11.6. The molecule has 1 aromatic carbocycles. The predicted octanol–water partition coefficient (Wildman–Crippen LogP) is 5.56. The molecule has 5 rings (SSSR count). The minimum atomic E-state index is 0.00638. The molecule has 0 aliphatic heterocycles. The van der Waals surface area contributed by atoms with Gasteiger partial charge in [0.05, 0.1) is 10.6 Å². The quantitative estimate of drug-likeness (QED) is 0.601. The van der Waals surface area contributed by atoms with Gasteiger partial charge < -0.3 is 10.2 Å². The third-order valence-corrected chi connectivity index (χ3v) is 8.25. The normalized spacial score (nSPS) is 30.3. The summed E-state index contributed by atoms with van der Waals surface area (Å²) in [5, 5.41) is 3.85. The first-order chi connectivity index (χ1) is 13.8. The van der Waals surface area contributed by atoms with Crippen LogP contribution in [0, 0.1) is 23.2 Å². The molecular weight excluding hydrogens is 380 g/mol. The lowest BCUT2D eigenvalue weighted by molar-refractivity contribution is -0.0503. The molecule has 0 unspecified atom stereocenters. The summed E-state index contributed by atoms with van der Waals surface area (Å²) in [5.74, 6) is 2.74. The fourth-order valence-corrected chi connectivity index (χ4v) is 6.77. The second-order valence-electron chi connectivity index (χ2n) is 10.6. The third kappa shape index (κ3) is 4.82. The summed E-state index contributed by atoms with van der Waals surface area (Å²) >= 11 is 6.40. The lowest BCUT2D eigenvalue weighted by Gasteiger charge is -2.56. The Balaban J connectivity index is 1.35. The van der Waals surface area contributed by atoms with Crippen LogP contribution in [0.4, 0.5) is 0 Å². The lowest BCUT2D eigenvalue weighted by atomic mass is 9.49. The molecular formula is C25H37ClN2O. The van der Waals surface area contributed by atoms with E-state index in [-0.39, 0.29) is 5.91 Å². The van der Waals surface area contributed by atoms with Crippen LogP contribution in [-0.2, 0) is 6.42 Å². The Labute approximate surface area is 181 Å². The van der Waals surface area contributed by atoms with Crippen molar-refractivity contribution in [2.24, 2.45) is 23.2 Å². The van der Waals surface area contributed by atoms with Crippen molar-refractivity contribution in [3.8, 4) is 0 Å². The van der Waals surface area contributed by atoms with Gasteiger partial charge in [-0.1, -0.05) is 17.7 Å². The van der Waals surface area contributed by atoms with Crippen LogP contribution in [0.3, 0.4) is 0 Å². The third-order valence-electron chi connectivity index (χ3n) is 7.92. The molecule has 0 radical (unpaired) electrons. The predicted molar refractivity (Wildman–Crippen MR) is 120 cm³/mol. The number of rotatable bonds is 8. The van der Waals surface area contributed by atoms with Crippen molar-refractivity contribution in [2.75, 3.05) is 20.1 Å². The van der Waals surface area contributed by atoms with E-state index in [1.807, 2.05) is 12.1 Å². The summed E-state index contributed by atoms with van der Waals surface area (Å²) in [6.45, 7) is 6.33. The van der Waals surface area contributed by atoms with Crippen LogP contribution < -0.4 is 5.32 Å². The number of carbonyl (C=O) groups excluding carboxylic acids is 1. The fraction of sp³-hybridized carbons (Fsp3) is 0.720. The van der Waals surface area contributed by atoms with Gasteiger partial charge in [0.25, 0.3) is 5.91 Å². The van der Waals surface area contributed by atoms with E-state index in [0.717, 1.165) is 43.7 Å². The number of nitrogens with zero attached hydrogens (tertiary/aromatic N) is 1. The van der Waals surface area contributed by atoms with E-state index in [2.05, 4.69) is 37.2 Å². The van der Waals surface area contributed by atoms with Crippen LogP contribution in [0.2, 0.25) is 5.02 Å². The number of benzene rings is 1. The molecule has 4 heteroatoms. The van der Waals surface area contributed by atoms with Crippen molar-refractivity contribution in [2.45, 2.75) is 71.3 Å². The lowest BCUT2D eigenvalue weighted by Crippen LogP contribution is -2.51. The summed E-state index contributed by atoms with van der Waals surface area (Å²) < 4.78 is 0. The number of nitrogens with one attached hydrogen (secondary N) is 1. The minimum Gasteiger partial charge on any atom is -0.351 e. The minimum absolute atomic E-state index is 0.00638. The van der Waals surface area contributed by atoms with Crippen molar-refractivity contribution in [3.05, 3.63) is 34.3 Å². The summed E-state index contributed by atoms with van der Waals surface area (Å²) in [6.07, 6.45) is 10.3. The maximum Gasteiger partial charge on any atom is 0.252 e. The summed E-state index contributed by atoms with van der Waals surface area (Å²) in [6, 6.07) is 6.52. The van der Waals surface area contributed by atoms with Crippen LogP contribution in [0.1, 0.15) is 74.7 Å². The zero-order chi connectivity index (χ0) is 20.6. The molecule has 0 spiro atoms. The van der Waals surface area contributed by atoms with Crippen LogP contribution >= 0.6 is 11.6 Å². The van der Waals surface area contributed by atoms with Gasteiger partial charge >= 0.3 is 0 Å². The Morgan fingerprint density at radius 1 is 1.17 bits per heavy atom. The maximum absolute atomic E-state index is 13.0. The van der Waals surface area contributed by atoms with Crippen LogP contribution in [0.25, 0.3) is 0 Å². The van der Waals surface area contributed by atoms with E-state index in [1.165, 1.54) is 44.1 Å². The molecule has 29 heavy (non-hydrogen) atoms. The molecule has 0 saturated heterocycles. The molecule has 4 saturated carbocycles. The van der Waals surface area contributed by atoms with Gasteiger partial charge in [0, 0.05) is 12.6 Å². The maximum atomic E-state index is 13.0. The van der Waals surface area contributed by atoms with Crippen LogP contribution in [0.5, 0.6) is 0 Å². The standard InChI is InChI=1S/C25H37ClN2O/c1-17(2)28(3)8-4-5-18-6-7-23(26)22(12-18)24(29)27-16-25-13-19-9-20(14-25)11-21(10-19)15-25/h6-7,12,17,19-21H,4-5,8-11,13-16H2,1-3H3,(H,27,29). The Morgan fingerprint density at radius 2 is 1.79 bits per heavy atom. The first kappa shape index (κ1) is 21.2. The van der Waals surface area contributed by atoms with Gasteiger partial charge in [0.15, 0.2) is 0 Å². The van der Waals surface area contributed by atoms with Crippen LogP contribution in [-0.4, -0.2) is 37.0 Å². The number of hydrogen-bond donors (Lipinski definition) is 1. The Bertz CT molecular complexity index is 709. The molecule has 4 aliphatic rings. The van der Waals surface area contributed by atoms with Crippen molar-refractivity contribution < 1.29 is 4.79 Å². The highest BCUT2D eigenvalue weighted by Crippen LogP contribution is 2.59. The van der Waals surface area contributed by atoms with Gasteiger partial charge in [-0.25, -0.2) is 0 Å². The SMILES string of the molecule is CC(C)N(C)CCCc1ccc(Cl)c(C(=O)NCC23CC4CC(CC(C4)C2)C3)c1. The summed E-state index contributed by atoms with van der Waals surface area (Å²) in [7, 11) is 2.16. The second-order valence-corrected chi connectivity index (χ2v) is 11.0. The highest BCUT2D eigenvalue weighted by molar-refractivity contribution is 6.33. The van der Waals surface area contributed by atoms with Gasteiger partial charge in [-0.3, -0.25) is 4.79 Å². The van der Waals surface area contributed by atoms with Gasteiger partial charge in [0.2, 0.25) is 0 Å². The van der Waals surface area contributed by atoms with E-state index in [9.17, 15) is 4.79 Å². The zero-order valence-electron chi connectivity index (χ0n) is 18.3. The highest BCUT2D eigenvalue weighted by Gasteiger charge is 2.50. The average molecular weight is 417 g/mol. The molecule has 3 nitrogen and oxygen atoms in total. The average Bonchev–Trinajstić information content (AvgIpc) is 2.66. The van der Waals surface area contributed by atoms with E-state index >= 15 is 0 Å². The topological polar surface area (TPSA) is 32.3 Å². The smallest absolute Gasteiger partial charge is 0.252 e. The Hall–Kier alpha value is -1.06. The van der Waals surface area contributed by atoms with Crippen molar-refractivity contribution in [1.82, 2.24) is 10.2 Å². The molecule has 160 valence electrons. The highest BCUT2D eigenvalue weighted by atomic mass is 35.5. The monoisotopic (exact) mass is 416 g/mol. The Morgan fingerprint density at radius 3 is 2.38 bits per heavy atom. The molecule has 4 bridgehead atoms. The molecule has 1 aromatic rings. The van der Waals surface area contributed by atoms with E-state index in [1.54, 1.807) is 0 Å². The molecule has 1 N–H and O–H groups in total. The molecule has 4 aliphatic carbocycles. The number of aryl methyl sites for hydroxylation is 1. The van der Waals surface area contributed by atoms with Gasteiger partial charge in [-0.15, -0.1) is 0 Å². The molecule has 0 atom stereocenters. The van der Waals surface area contributed by atoms with E-state index in [0.29, 0.717) is 22.0 Å². The number of hydrogen-bond acceptors (Lipinski definition) is 2. The van der Waals surface area contributed by atoms with Gasteiger partial charge in [-0.05, 0) is 120 Å². The number of carbonyl (C=O) groups is 1. The molecule has 0 aromatic heterocycles. The molecule has 4 fully saturated rings. The van der Waals surface area contributed by atoms with Gasteiger partial charge in [-0.2, -0.15) is 0 Å². The second kappa shape index (κ2) is 8.59. The summed E-state index contributed by atoms with van der Waals surface area (Å²) in [5.41, 5.74) is 2.20. The van der Waals surface area contributed by atoms with Gasteiger partial charge in [0.1, 0.15) is 0 Å². The largest absolute Gasteiger partial charge is 0.351 e. The van der Waals surface area contributed by atoms with Crippen molar-refractivity contribution in [3.63, 3.8) is 0 Å². The molecule has 1 amide bonds.